The predicted octanol–water partition coefficient (Wildman–Crippen LogP) is 13.2. The monoisotopic (exact) mass is 714 g/mol. The van der Waals surface area contributed by atoms with Gasteiger partial charge in [0.05, 0.1) is 5.52 Å². The van der Waals surface area contributed by atoms with Crippen LogP contribution in [0, 0.1) is 0 Å². The molecule has 8 aromatic carbocycles. The van der Waals surface area contributed by atoms with Crippen LogP contribution >= 0.6 is 0 Å². The lowest BCUT2D eigenvalue weighted by molar-refractivity contribution is 1.07. The first-order chi connectivity index (χ1) is 27.7. The summed E-state index contributed by atoms with van der Waals surface area (Å²) in [6, 6.07) is 70.0. The first-order valence-corrected chi connectivity index (χ1v) is 18.8. The highest BCUT2D eigenvalue weighted by Gasteiger charge is 2.14. The third-order valence-electron chi connectivity index (χ3n) is 10.4. The van der Waals surface area contributed by atoms with Crippen LogP contribution in [0.25, 0.3) is 100 Å². The van der Waals surface area contributed by atoms with E-state index in [-0.39, 0.29) is 0 Å². The third kappa shape index (κ3) is 6.40. The fourth-order valence-electron chi connectivity index (χ4n) is 7.50. The Morgan fingerprint density at radius 1 is 0.268 bits per heavy atom. The highest BCUT2D eigenvalue weighted by Crippen LogP contribution is 2.36. The van der Waals surface area contributed by atoms with Gasteiger partial charge in [-0.15, -0.1) is 0 Å². The molecular formula is C52H34N4. The maximum absolute atomic E-state index is 5.00. The van der Waals surface area contributed by atoms with Crippen molar-refractivity contribution in [1.29, 1.82) is 0 Å². The van der Waals surface area contributed by atoms with Crippen molar-refractivity contribution >= 4 is 21.7 Å². The molecule has 262 valence electrons. The highest BCUT2D eigenvalue weighted by atomic mass is 15.0. The van der Waals surface area contributed by atoms with E-state index in [4.69, 9.17) is 19.9 Å². The number of fused-ring (bicyclic) bond motifs is 3. The van der Waals surface area contributed by atoms with Crippen molar-refractivity contribution in [2.75, 3.05) is 0 Å². The van der Waals surface area contributed by atoms with Crippen LogP contribution in [0.5, 0.6) is 0 Å². The molecule has 10 rings (SSSR count). The van der Waals surface area contributed by atoms with Gasteiger partial charge < -0.3 is 0 Å². The summed E-state index contributed by atoms with van der Waals surface area (Å²) in [5.41, 5.74) is 13.1. The van der Waals surface area contributed by atoms with Gasteiger partial charge in [-0.1, -0.05) is 182 Å². The van der Waals surface area contributed by atoms with Gasteiger partial charge in [0.25, 0.3) is 0 Å². The molecule has 0 aliphatic heterocycles. The molecule has 0 aliphatic rings. The topological polar surface area (TPSA) is 51.6 Å². The molecule has 0 radical (unpaired) electrons. The molecule has 4 heteroatoms. The Kier molecular flexibility index (Phi) is 8.47. The fraction of sp³-hybridized carbons (Fsp3) is 0. The van der Waals surface area contributed by atoms with Gasteiger partial charge in [0.1, 0.15) is 0 Å². The fourth-order valence-corrected chi connectivity index (χ4v) is 7.50. The summed E-state index contributed by atoms with van der Waals surface area (Å²) in [6.45, 7) is 0. The summed E-state index contributed by atoms with van der Waals surface area (Å²) < 4.78 is 0. The summed E-state index contributed by atoms with van der Waals surface area (Å²) in [7, 11) is 0. The minimum absolute atomic E-state index is 0.635. The van der Waals surface area contributed by atoms with Gasteiger partial charge in [0.15, 0.2) is 17.5 Å². The van der Waals surface area contributed by atoms with Crippen molar-refractivity contribution in [3.8, 4) is 78.7 Å². The van der Waals surface area contributed by atoms with E-state index in [2.05, 4.69) is 158 Å². The number of rotatable bonds is 7. The zero-order valence-electron chi connectivity index (χ0n) is 30.4. The number of aromatic nitrogens is 4. The van der Waals surface area contributed by atoms with Crippen LogP contribution in [0.15, 0.2) is 206 Å². The van der Waals surface area contributed by atoms with Crippen LogP contribution in [0.2, 0.25) is 0 Å². The quantitative estimate of drug-likeness (QED) is 0.154. The summed E-state index contributed by atoms with van der Waals surface area (Å²) in [5.74, 6) is 1.92. The van der Waals surface area contributed by atoms with Gasteiger partial charge in [-0.2, -0.15) is 0 Å². The van der Waals surface area contributed by atoms with E-state index in [1.165, 1.54) is 33.0 Å². The molecule has 4 nitrogen and oxygen atoms in total. The van der Waals surface area contributed by atoms with Gasteiger partial charge >= 0.3 is 0 Å². The van der Waals surface area contributed by atoms with Crippen LogP contribution in [-0.4, -0.2) is 19.9 Å². The molecule has 56 heavy (non-hydrogen) atoms. The van der Waals surface area contributed by atoms with Crippen molar-refractivity contribution in [3.05, 3.63) is 206 Å². The molecular weight excluding hydrogens is 681 g/mol. The zero-order chi connectivity index (χ0) is 37.3. The van der Waals surface area contributed by atoms with Crippen molar-refractivity contribution in [2.45, 2.75) is 0 Å². The van der Waals surface area contributed by atoms with Crippen molar-refractivity contribution in [2.24, 2.45) is 0 Å². The molecule has 10 aromatic rings. The molecule has 0 N–H and O–H groups in total. The van der Waals surface area contributed by atoms with E-state index in [1.54, 1.807) is 0 Å². The second-order valence-electron chi connectivity index (χ2n) is 13.9. The van der Waals surface area contributed by atoms with Crippen LogP contribution in [0.3, 0.4) is 0 Å². The van der Waals surface area contributed by atoms with Gasteiger partial charge in [0, 0.05) is 33.7 Å². The number of hydrogen-bond acceptors (Lipinski definition) is 4. The summed E-state index contributed by atoms with van der Waals surface area (Å²) >= 11 is 0. The minimum atomic E-state index is 0.635. The third-order valence-corrected chi connectivity index (χ3v) is 10.4. The largest absolute Gasteiger partial charge is 0.256 e. The normalized spacial score (nSPS) is 11.2. The first kappa shape index (κ1) is 33.0. The first-order valence-electron chi connectivity index (χ1n) is 18.8. The Hall–Kier alpha value is -7.56. The average molecular weight is 715 g/mol. The van der Waals surface area contributed by atoms with Gasteiger partial charge in [-0.25, -0.2) is 15.0 Å². The van der Waals surface area contributed by atoms with Crippen LogP contribution < -0.4 is 0 Å². The standard InChI is InChI=1S/C52H34N4/c1-3-11-35(12-4-1)36-22-26-40(27-23-36)51-54-50(39-13-5-2-6-14-39)55-52(56-51)41-28-24-37(25-29-41)42-15-7-16-43(33-42)44-17-8-18-45(34-44)46-20-9-21-48-47(46)31-30-38-19-10-32-53-49(38)48/h1-34H. The summed E-state index contributed by atoms with van der Waals surface area (Å²) in [6.07, 6.45) is 1.87. The van der Waals surface area contributed by atoms with E-state index in [1.807, 2.05) is 48.7 Å². The average Bonchev–Trinajstić information content (AvgIpc) is 3.29. The van der Waals surface area contributed by atoms with Crippen LogP contribution in [0.4, 0.5) is 0 Å². The second-order valence-corrected chi connectivity index (χ2v) is 13.9. The summed E-state index contributed by atoms with van der Waals surface area (Å²) in [5, 5.41) is 3.51. The molecule has 0 atom stereocenters. The smallest absolute Gasteiger partial charge is 0.164 e. The minimum Gasteiger partial charge on any atom is -0.256 e. The molecule has 2 heterocycles. The predicted molar refractivity (Wildman–Crippen MR) is 231 cm³/mol. The van der Waals surface area contributed by atoms with E-state index < -0.39 is 0 Å². The Morgan fingerprint density at radius 3 is 1.34 bits per heavy atom. The van der Waals surface area contributed by atoms with Gasteiger partial charge in [-0.3, -0.25) is 4.98 Å². The molecule has 0 spiro atoms. The number of nitrogens with zero attached hydrogens (tertiary/aromatic N) is 4. The van der Waals surface area contributed by atoms with Gasteiger partial charge in [-0.05, 0) is 68.1 Å². The Balaban J connectivity index is 0.967. The molecule has 0 fully saturated rings. The van der Waals surface area contributed by atoms with Crippen LogP contribution in [0.1, 0.15) is 0 Å². The van der Waals surface area contributed by atoms with Crippen molar-refractivity contribution in [1.82, 2.24) is 19.9 Å². The number of pyridine rings is 1. The molecule has 0 saturated heterocycles. The van der Waals surface area contributed by atoms with E-state index in [0.29, 0.717) is 17.5 Å². The number of hydrogen-bond donors (Lipinski definition) is 0. The number of benzene rings is 8. The molecule has 0 unspecified atom stereocenters. The SMILES string of the molecule is c1ccc(-c2ccc(-c3nc(-c4ccccc4)nc(-c4ccc(-c5cccc(-c6cccc(-c7cccc8c7ccc7cccnc78)c6)c5)cc4)n3)cc2)cc1. The maximum Gasteiger partial charge on any atom is 0.164 e. The van der Waals surface area contributed by atoms with E-state index in [0.717, 1.165) is 49.8 Å². The van der Waals surface area contributed by atoms with Crippen molar-refractivity contribution in [3.63, 3.8) is 0 Å². The maximum atomic E-state index is 5.00. The Labute approximate surface area is 325 Å². The zero-order valence-corrected chi connectivity index (χ0v) is 30.4. The molecule has 0 amide bonds. The lowest BCUT2D eigenvalue weighted by Gasteiger charge is -2.12. The highest BCUT2D eigenvalue weighted by molar-refractivity contribution is 6.10. The Bertz CT molecular complexity index is 2990. The molecule has 0 bridgehead atoms. The van der Waals surface area contributed by atoms with Gasteiger partial charge in [0.2, 0.25) is 0 Å². The van der Waals surface area contributed by atoms with Crippen molar-refractivity contribution < 1.29 is 0 Å². The summed E-state index contributed by atoms with van der Waals surface area (Å²) in [4.78, 5) is 19.6. The van der Waals surface area contributed by atoms with E-state index in [9.17, 15) is 0 Å². The molecule has 0 aliphatic carbocycles. The molecule has 2 aromatic heterocycles. The van der Waals surface area contributed by atoms with E-state index >= 15 is 0 Å². The lowest BCUT2D eigenvalue weighted by atomic mass is 9.93. The Morgan fingerprint density at radius 2 is 0.714 bits per heavy atom. The second kappa shape index (κ2) is 14.3. The lowest BCUT2D eigenvalue weighted by Crippen LogP contribution is -2.00. The van der Waals surface area contributed by atoms with Crippen LogP contribution in [-0.2, 0) is 0 Å². The molecule has 0 saturated carbocycles.